The molecule has 0 aliphatic rings. The van der Waals surface area contributed by atoms with Crippen LogP contribution in [0.1, 0.15) is 0 Å². The van der Waals surface area contributed by atoms with E-state index in [1.807, 2.05) is 24.3 Å². The van der Waals surface area contributed by atoms with E-state index in [0.29, 0.717) is 22.7 Å². The minimum absolute atomic E-state index is 0. The number of hydrogen-bond acceptors (Lipinski definition) is 8. The van der Waals surface area contributed by atoms with Crippen LogP contribution in [0.5, 0.6) is 23.0 Å². The Morgan fingerprint density at radius 1 is 0.333 bits per heavy atom. The number of aromatic hydroxyl groups is 4. The van der Waals surface area contributed by atoms with Gasteiger partial charge in [0.25, 0.3) is 0 Å². The molecule has 0 saturated carbocycles. The highest BCUT2D eigenvalue weighted by atomic mass is 16.3. The summed E-state index contributed by atoms with van der Waals surface area (Å²) in [5, 5.41) is 34.7. The van der Waals surface area contributed by atoms with Gasteiger partial charge in [0.1, 0.15) is 0 Å². The van der Waals surface area contributed by atoms with Gasteiger partial charge in [0.15, 0.2) is 23.0 Å². The molecule has 0 heterocycles. The summed E-state index contributed by atoms with van der Waals surface area (Å²) in [6.07, 6.45) is 0. The van der Waals surface area contributed by atoms with Crippen molar-refractivity contribution in [2.24, 2.45) is 0 Å². The highest BCUT2D eigenvalue weighted by Crippen LogP contribution is 2.22. The Morgan fingerprint density at radius 3 is 0.606 bits per heavy atom. The van der Waals surface area contributed by atoms with Gasteiger partial charge in [-0.3, -0.25) is 0 Å². The minimum Gasteiger partial charge on any atom is -0.504 e. The lowest BCUT2D eigenvalue weighted by molar-refractivity contribution is 0.404. The zero-order chi connectivity index (χ0) is 23.9. The molecule has 0 aliphatic carbocycles. The number of rotatable bonds is 0. The van der Waals surface area contributed by atoms with Crippen molar-refractivity contribution in [1.29, 1.82) is 0 Å². The number of nitrogens with two attached hydrogens (primary N) is 4. The van der Waals surface area contributed by atoms with E-state index < -0.39 is 0 Å². The Hall–Kier alpha value is -4.76. The summed E-state index contributed by atoms with van der Waals surface area (Å²) in [4.78, 5) is 0. The first-order chi connectivity index (χ1) is 15.2. The number of anilines is 4. The standard InChI is InChI=1S/2C6H8N2.2C6H6O2.H2O/c4*7-5-3-1-2-4-6(5)8;/h2*1-4H,7-8H2;2*1-4,7-8H;1H2. The minimum atomic E-state index is -0.0764. The van der Waals surface area contributed by atoms with Gasteiger partial charge in [-0.05, 0) is 48.5 Å². The van der Waals surface area contributed by atoms with Gasteiger partial charge in [-0.2, -0.15) is 0 Å². The topological polar surface area (TPSA) is 216 Å². The van der Waals surface area contributed by atoms with Crippen LogP contribution in [0.2, 0.25) is 0 Å². The third-order valence-corrected chi connectivity index (χ3v) is 3.76. The lowest BCUT2D eigenvalue weighted by Crippen LogP contribution is -1.91. The molecular weight excluding hydrogens is 424 g/mol. The van der Waals surface area contributed by atoms with Gasteiger partial charge >= 0.3 is 0 Å². The first-order valence-electron chi connectivity index (χ1n) is 9.36. The molecule has 0 spiro atoms. The molecule has 0 aliphatic heterocycles. The van der Waals surface area contributed by atoms with Crippen molar-refractivity contribution in [1.82, 2.24) is 0 Å². The van der Waals surface area contributed by atoms with Crippen LogP contribution < -0.4 is 22.9 Å². The highest BCUT2D eigenvalue weighted by Gasteiger charge is 1.91. The molecule has 4 aromatic carbocycles. The quantitative estimate of drug-likeness (QED) is 0.145. The van der Waals surface area contributed by atoms with Crippen molar-refractivity contribution in [3.8, 4) is 23.0 Å². The molecule has 0 saturated heterocycles. The van der Waals surface area contributed by atoms with Gasteiger partial charge in [-0.15, -0.1) is 0 Å². The zero-order valence-corrected chi connectivity index (χ0v) is 17.8. The van der Waals surface area contributed by atoms with Crippen LogP contribution in [-0.2, 0) is 0 Å². The number of hydrogen-bond donors (Lipinski definition) is 8. The van der Waals surface area contributed by atoms with Crippen LogP contribution in [0, 0.1) is 0 Å². The first kappa shape index (κ1) is 28.2. The molecule has 0 unspecified atom stereocenters. The molecule has 4 rings (SSSR count). The Bertz CT molecular complexity index is 835. The molecular formula is C24H30N4O5. The summed E-state index contributed by atoms with van der Waals surface area (Å²) in [7, 11) is 0. The van der Waals surface area contributed by atoms with E-state index in [2.05, 4.69) is 0 Å². The fraction of sp³-hybridized carbons (Fsp3) is 0. The molecule has 0 amide bonds. The van der Waals surface area contributed by atoms with Crippen LogP contribution >= 0.6 is 0 Å². The maximum absolute atomic E-state index is 8.67. The van der Waals surface area contributed by atoms with E-state index in [0.717, 1.165) is 0 Å². The average Bonchev–Trinajstić information content (AvgIpc) is 2.78. The Morgan fingerprint density at radius 2 is 0.485 bits per heavy atom. The van der Waals surface area contributed by atoms with E-state index in [1.54, 1.807) is 48.5 Å². The van der Waals surface area contributed by atoms with Crippen LogP contribution in [-0.4, -0.2) is 25.9 Å². The van der Waals surface area contributed by atoms with Gasteiger partial charge in [0.05, 0.1) is 22.7 Å². The van der Waals surface area contributed by atoms with Crippen LogP contribution in [0.4, 0.5) is 22.7 Å². The number of phenols is 4. The molecule has 9 heteroatoms. The van der Waals surface area contributed by atoms with Crippen molar-refractivity contribution >= 4 is 22.7 Å². The Labute approximate surface area is 192 Å². The summed E-state index contributed by atoms with van der Waals surface area (Å²) >= 11 is 0. The van der Waals surface area contributed by atoms with E-state index in [4.69, 9.17) is 43.4 Å². The number of para-hydroxylation sites is 8. The third-order valence-electron chi connectivity index (χ3n) is 3.76. The van der Waals surface area contributed by atoms with Crippen LogP contribution in [0.25, 0.3) is 0 Å². The van der Waals surface area contributed by atoms with Crippen molar-refractivity contribution in [3.05, 3.63) is 97.1 Å². The van der Waals surface area contributed by atoms with Gasteiger partial charge in [0, 0.05) is 0 Å². The molecule has 176 valence electrons. The fourth-order valence-corrected chi connectivity index (χ4v) is 1.95. The summed E-state index contributed by atoms with van der Waals surface area (Å²) < 4.78 is 0. The fourth-order valence-electron chi connectivity index (χ4n) is 1.95. The monoisotopic (exact) mass is 454 g/mol. The van der Waals surface area contributed by atoms with Crippen molar-refractivity contribution in [2.45, 2.75) is 0 Å². The Kier molecular flexibility index (Phi) is 12.9. The molecule has 0 bridgehead atoms. The molecule has 0 radical (unpaired) electrons. The maximum atomic E-state index is 8.67. The van der Waals surface area contributed by atoms with Gasteiger partial charge in [-0.1, -0.05) is 48.5 Å². The third kappa shape index (κ3) is 11.3. The summed E-state index contributed by atoms with van der Waals surface area (Å²) in [5.74, 6) is -0.306. The van der Waals surface area contributed by atoms with E-state index >= 15 is 0 Å². The average molecular weight is 455 g/mol. The van der Waals surface area contributed by atoms with Gasteiger partial charge in [0.2, 0.25) is 0 Å². The summed E-state index contributed by atoms with van der Waals surface area (Å²) in [5.41, 5.74) is 24.2. The van der Waals surface area contributed by atoms with Crippen molar-refractivity contribution in [2.75, 3.05) is 22.9 Å². The molecule has 14 N–H and O–H groups in total. The maximum Gasteiger partial charge on any atom is 0.157 e. The Balaban J connectivity index is 0.000000410. The summed E-state index contributed by atoms with van der Waals surface area (Å²) in [6, 6.07) is 26.8. The normalized spacial score (nSPS) is 8.73. The second-order valence-electron chi connectivity index (χ2n) is 6.24. The van der Waals surface area contributed by atoms with Gasteiger partial charge in [-0.25, -0.2) is 0 Å². The highest BCUT2D eigenvalue weighted by molar-refractivity contribution is 5.62. The smallest absolute Gasteiger partial charge is 0.157 e. The predicted octanol–water partition coefficient (Wildman–Crippen LogP) is 3.07. The largest absolute Gasteiger partial charge is 0.504 e. The number of benzene rings is 4. The van der Waals surface area contributed by atoms with E-state index in [-0.39, 0.29) is 28.5 Å². The number of nitrogen functional groups attached to an aromatic ring is 4. The van der Waals surface area contributed by atoms with E-state index in [9.17, 15) is 0 Å². The molecule has 0 fully saturated rings. The van der Waals surface area contributed by atoms with Crippen molar-refractivity contribution in [3.63, 3.8) is 0 Å². The number of phenolic OH excluding ortho intramolecular Hbond substituents is 4. The second kappa shape index (κ2) is 15.1. The van der Waals surface area contributed by atoms with Crippen LogP contribution in [0.3, 0.4) is 0 Å². The lowest BCUT2D eigenvalue weighted by atomic mass is 10.3. The molecule has 9 nitrogen and oxygen atoms in total. The zero-order valence-electron chi connectivity index (χ0n) is 17.8. The molecule has 0 atom stereocenters. The molecule has 0 aromatic heterocycles. The molecule has 4 aromatic rings. The second-order valence-corrected chi connectivity index (χ2v) is 6.24. The van der Waals surface area contributed by atoms with Gasteiger partial charge < -0.3 is 48.8 Å². The van der Waals surface area contributed by atoms with E-state index in [1.165, 1.54) is 24.3 Å². The molecule has 33 heavy (non-hydrogen) atoms. The van der Waals surface area contributed by atoms with Crippen LogP contribution in [0.15, 0.2) is 97.1 Å². The lowest BCUT2D eigenvalue weighted by Gasteiger charge is -1.94. The summed E-state index contributed by atoms with van der Waals surface area (Å²) in [6.45, 7) is 0. The SMILES string of the molecule is Nc1ccccc1N.Nc1ccccc1N.O.Oc1ccccc1O.Oc1ccccc1O. The van der Waals surface area contributed by atoms with Crippen molar-refractivity contribution < 1.29 is 25.9 Å². The first-order valence-corrected chi connectivity index (χ1v) is 9.36. The predicted molar refractivity (Wildman–Crippen MR) is 134 cm³/mol.